The van der Waals surface area contributed by atoms with Gasteiger partial charge in [-0.2, -0.15) is 8.42 Å². The molecule has 2 aliphatic rings. The smallest absolute Gasteiger partial charge is 0.264 e. The maximum Gasteiger partial charge on any atom is 0.264 e. The van der Waals surface area contributed by atoms with Gasteiger partial charge < -0.3 is 4.79 Å². The van der Waals surface area contributed by atoms with Crippen LogP contribution in [0.2, 0.25) is 0 Å². The lowest BCUT2D eigenvalue weighted by Crippen LogP contribution is -2.20. The van der Waals surface area contributed by atoms with E-state index in [1.165, 1.54) is 64.1 Å². The maximum atomic E-state index is 10.7. The van der Waals surface area contributed by atoms with Crippen LogP contribution in [-0.2, 0) is 23.9 Å². The monoisotopic (exact) mass is 394 g/mol. The number of hydrogen-bond donors (Lipinski definition) is 0. The van der Waals surface area contributed by atoms with Gasteiger partial charge in [0, 0.05) is 12.2 Å². The molecule has 0 saturated heterocycles. The summed E-state index contributed by atoms with van der Waals surface area (Å²) in [5.41, 5.74) is 0. The molecule has 0 bridgehead atoms. The molecule has 0 spiro atoms. The van der Waals surface area contributed by atoms with Crippen LogP contribution in [0.4, 0.5) is 0 Å². The van der Waals surface area contributed by atoms with Crippen molar-refractivity contribution in [3.8, 4) is 0 Å². The molecule has 0 heterocycles. The first-order valence-electron chi connectivity index (χ1n) is 9.13. The number of rotatable bonds is 3. The van der Waals surface area contributed by atoms with Crippen molar-refractivity contribution in [1.82, 2.24) is 0 Å². The van der Waals surface area contributed by atoms with Crippen LogP contribution in [0.15, 0.2) is 0 Å². The minimum Gasteiger partial charge on any atom is -0.300 e. The molecular formula is C18H34O5S2. The van der Waals surface area contributed by atoms with E-state index in [0.29, 0.717) is 5.25 Å². The lowest BCUT2D eigenvalue weighted by Gasteiger charge is -2.19. The molecule has 25 heavy (non-hydrogen) atoms. The zero-order chi connectivity index (χ0) is 19.3. The van der Waals surface area contributed by atoms with Crippen LogP contribution in [-0.4, -0.2) is 36.9 Å². The summed E-state index contributed by atoms with van der Waals surface area (Å²) in [6.45, 7) is 4.72. The Morgan fingerprint density at radius 2 is 1.24 bits per heavy atom. The minimum atomic E-state index is -3.22. The third-order valence-corrected chi connectivity index (χ3v) is 5.51. The Morgan fingerprint density at radius 3 is 1.60 bits per heavy atom. The number of ketones is 1. The topological polar surface area (TPSA) is 77.5 Å². The summed E-state index contributed by atoms with van der Waals surface area (Å²) in [5.74, 6) is 0.167. The lowest BCUT2D eigenvalue weighted by molar-refractivity contribution is -0.115. The molecule has 0 radical (unpaired) electrons. The van der Waals surface area contributed by atoms with Crippen LogP contribution in [0.3, 0.4) is 0 Å². The summed E-state index contributed by atoms with van der Waals surface area (Å²) in [7, 11) is -3.22. The Kier molecular flexibility index (Phi) is 13.5. The van der Waals surface area contributed by atoms with Crippen LogP contribution < -0.4 is 0 Å². The number of hydrogen-bond acceptors (Lipinski definition) is 6. The van der Waals surface area contributed by atoms with E-state index in [-0.39, 0.29) is 17.0 Å². The SMILES string of the molecule is CC(=O)SC1CCCCC1.CC(C)=O.CS(=O)(=O)OC1CCCCC1. The Labute approximate surface area is 157 Å². The Morgan fingerprint density at radius 1 is 0.840 bits per heavy atom. The normalized spacial score (nSPS) is 19.0. The predicted octanol–water partition coefficient (Wildman–Crippen LogP) is 4.49. The second-order valence-corrected chi connectivity index (χ2v) is 9.92. The molecule has 0 aromatic carbocycles. The van der Waals surface area contributed by atoms with Crippen LogP contribution in [0, 0.1) is 0 Å². The molecule has 2 rings (SSSR count). The molecule has 0 amide bonds. The molecular weight excluding hydrogens is 360 g/mol. The number of thioether (sulfide) groups is 1. The highest BCUT2D eigenvalue weighted by molar-refractivity contribution is 8.14. The largest absolute Gasteiger partial charge is 0.300 e. The zero-order valence-corrected chi connectivity index (χ0v) is 17.7. The van der Waals surface area contributed by atoms with Crippen LogP contribution in [0.25, 0.3) is 0 Å². The molecule has 148 valence electrons. The predicted molar refractivity (Wildman–Crippen MR) is 104 cm³/mol. The van der Waals surface area contributed by atoms with Crippen molar-refractivity contribution in [2.75, 3.05) is 6.26 Å². The van der Waals surface area contributed by atoms with Gasteiger partial charge >= 0.3 is 0 Å². The summed E-state index contributed by atoms with van der Waals surface area (Å²) >= 11 is 1.54. The molecule has 2 saturated carbocycles. The molecule has 2 aliphatic carbocycles. The van der Waals surface area contributed by atoms with E-state index in [2.05, 4.69) is 0 Å². The number of carbonyl (C=O) groups is 2. The van der Waals surface area contributed by atoms with E-state index in [1.54, 1.807) is 6.92 Å². The average Bonchev–Trinajstić information content (AvgIpc) is 2.47. The molecule has 0 N–H and O–H groups in total. The highest BCUT2D eigenvalue weighted by Gasteiger charge is 2.18. The van der Waals surface area contributed by atoms with Crippen LogP contribution in [0.5, 0.6) is 0 Å². The summed E-state index contributed by atoms with van der Waals surface area (Å²) < 4.78 is 26.2. The molecule has 7 heteroatoms. The first-order chi connectivity index (χ1) is 11.6. The van der Waals surface area contributed by atoms with Crippen molar-refractivity contribution >= 4 is 32.8 Å². The van der Waals surface area contributed by atoms with Gasteiger partial charge in [0.05, 0.1) is 12.4 Å². The summed E-state index contributed by atoms with van der Waals surface area (Å²) in [6.07, 6.45) is 12.8. The van der Waals surface area contributed by atoms with Gasteiger partial charge in [-0.05, 0) is 39.5 Å². The molecule has 5 nitrogen and oxygen atoms in total. The van der Waals surface area contributed by atoms with Gasteiger partial charge in [0.15, 0.2) is 5.12 Å². The van der Waals surface area contributed by atoms with Crippen molar-refractivity contribution in [3.05, 3.63) is 0 Å². The average molecular weight is 395 g/mol. The highest BCUT2D eigenvalue weighted by Crippen LogP contribution is 2.28. The fourth-order valence-corrected chi connectivity index (χ4v) is 4.55. The van der Waals surface area contributed by atoms with Gasteiger partial charge in [0.1, 0.15) is 5.78 Å². The zero-order valence-electron chi connectivity index (χ0n) is 16.1. The van der Waals surface area contributed by atoms with E-state index < -0.39 is 10.1 Å². The minimum absolute atomic E-state index is 0.0428. The first-order valence-corrected chi connectivity index (χ1v) is 11.8. The number of Topliss-reactive ketones (excluding diaryl/α,β-unsaturated/α-hetero) is 1. The Hall–Kier alpha value is -0.400. The maximum absolute atomic E-state index is 10.7. The third kappa shape index (κ3) is 18.2. The van der Waals surface area contributed by atoms with Crippen molar-refractivity contribution < 1.29 is 22.2 Å². The molecule has 0 unspecified atom stereocenters. The first kappa shape index (κ1) is 24.6. The molecule has 0 aromatic heterocycles. The van der Waals surface area contributed by atoms with Gasteiger partial charge in [-0.15, -0.1) is 0 Å². The fourth-order valence-electron chi connectivity index (χ4n) is 2.83. The standard InChI is InChI=1S/C8H14OS.C7H14O3S.C3H6O/c1-7(9)10-8-5-3-2-4-6-8;1-11(8,9)10-7-5-3-2-4-6-7;1-3(2)4/h8H,2-6H2,1H3;7H,2-6H2,1H3;1-2H3. The van der Waals surface area contributed by atoms with E-state index in [4.69, 9.17) is 4.18 Å². The Bertz CT molecular complexity index is 472. The quantitative estimate of drug-likeness (QED) is 0.656. The van der Waals surface area contributed by atoms with Crippen molar-refractivity contribution in [2.24, 2.45) is 0 Å². The van der Waals surface area contributed by atoms with Crippen LogP contribution in [0.1, 0.15) is 85.0 Å². The molecule has 0 atom stereocenters. The van der Waals surface area contributed by atoms with Gasteiger partial charge in [0.25, 0.3) is 10.1 Å². The Balaban J connectivity index is 0.000000383. The van der Waals surface area contributed by atoms with Crippen LogP contribution >= 0.6 is 11.8 Å². The summed E-state index contributed by atoms with van der Waals surface area (Å²) in [4.78, 5) is 20.1. The fraction of sp³-hybridized carbons (Fsp3) is 0.889. The second-order valence-electron chi connectivity index (χ2n) is 6.84. The van der Waals surface area contributed by atoms with Gasteiger partial charge in [-0.25, -0.2) is 0 Å². The molecule has 0 aromatic rings. The lowest BCUT2D eigenvalue weighted by atomic mass is 9.98. The third-order valence-electron chi connectivity index (χ3n) is 3.75. The molecule has 2 fully saturated rings. The van der Waals surface area contributed by atoms with E-state index in [0.717, 1.165) is 31.9 Å². The second kappa shape index (κ2) is 13.8. The van der Waals surface area contributed by atoms with E-state index in [1.807, 2.05) is 0 Å². The van der Waals surface area contributed by atoms with Crippen molar-refractivity contribution in [2.45, 2.75) is 96.3 Å². The summed E-state index contributed by atoms with van der Waals surface area (Å²) in [5, 5.41) is 0.929. The molecule has 0 aliphatic heterocycles. The van der Waals surface area contributed by atoms with E-state index in [9.17, 15) is 18.0 Å². The number of carbonyl (C=O) groups excluding carboxylic acids is 2. The van der Waals surface area contributed by atoms with Gasteiger partial charge in [0.2, 0.25) is 0 Å². The van der Waals surface area contributed by atoms with Gasteiger partial charge in [-0.3, -0.25) is 8.98 Å². The summed E-state index contributed by atoms with van der Waals surface area (Å²) in [6, 6.07) is 0. The highest BCUT2D eigenvalue weighted by atomic mass is 32.2. The van der Waals surface area contributed by atoms with E-state index >= 15 is 0 Å². The van der Waals surface area contributed by atoms with Crippen molar-refractivity contribution in [3.63, 3.8) is 0 Å². The van der Waals surface area contributed by atoms with Gasteiger partial charge in [-0.1, -0.05) is 50.3 Å². The van der Waals surface area contributed by atoms with Crippen molar-refractivity contribution in [1.29, 1.82) is 0 Å².